The van der Waals surface area contributed by atoms with Crippen molar-refractivity contribution in [3.05, 3.63) is 64.5 Å². The lowest BCUT2D eigenvalue weighted by molar-refractivity contribution is 0.605. The van der Waals surface area contributed by atoms with Gasteiger partial charge in [-0.2, -0.15) is 0 Å². The summed E-state index contributed by atoms with van der Waals surface area (Å²) >= 11 is 1.33. The number of anilines is 1. The van der Waals surface area contributed by atoms with E-state index in [2.05, 4.69) is 14.8 Å². The Morgan fingerprint density at radius 3 is 3.09 bits per heavy atom. The van der Waals surface area contributed by atoms with Crippen molar-refractivity contribution in [3.63, 3.8) is 0 Å². The first-order valence-corrected chi connectivity index (χ1v) is 9.55. The van der Waals surface area contributed by atoms with Gasteiger partial charge in [0.25, 0.3) is 10.0 Å². The fourth-order valence-corrected chi connectivity index (χ4v) is 4.77. The Bertz CT molecular complexity index is 843. The molecule has 8 heteroatoms. The number of nitrogens with zero attached hydrogens (tertiary/aromatic N) is 1. The maximum Gasteiger partial charge on any atom is 0.264 e. The molecule has 0 atom stereocenters. The molecule has 0 bridgehead atoms. The van der Waals surface area contributed by atoms with Crippen molar-refractivity contribution in [1.29, 1.82) is 0 Å². The number of nitrogens with one attached hydrogen (secondary N) is 3. The molecule has 0 aliphatic carbocycles. The monoisotopic (exact) mass is 348 g/mol. The molecule has 0 spiro atoms. The van der Waals surface area contributed by atoms with E-state index >= 15 is 0 Å². The number of sulfonamides is 1. The van der Waals surface area contributed by atoms with Crippen molar-refractivity contribution in [2.45, 2.75) is 13.0 Å². The Morgan fingerprint density at radius 2 is 2.17 bits per heavy atom. The number of benzene rings is 1. The molecular formula is C15H16N4O2S2. The third-order valence-electron chi connectivity index (χ3n) is 3.94. The van der Waals surface area contributed by atoms with Gasteiger partial charge in [0.1, 0.15) is 4.91 Å². The van der Waals surface area contributed by atoms with Crippen molar-refractivity contribution in [1.82, 2.24) is 14.3 Å². The van der Waals surface area contributed by atoms with E-state index in [0.29, 0.717) is 11.4 Å². The first-order chi connectivity index (χ1) is 11.1. The van der Waals surface area contributed by atoms with E-state index in [1.54, 1.807) is 22.7 Å². The summed E-state index contributed by atoms with van der Waals surface area (Å²) in [6.45, 7) is 1.74. The second kappa shape index (κ2) is 5.63. The highest BCUT2D eigenvalue weighted by molar-refractivity contribution is 7.97. The molecular weight excluding hydrogens is 332 g/mol. The highest BCUT2D eigenvalue weighted by Gasteiger charge is 2.29. The predicted octanol–water partition coefficient (Wildman–Crippen LogP) is 1.79. The van der Waals surface area contributed by atoms with Crippen molar-refractivity contribution >= 4 is 27.8 Å². The Hall–Kier alpha value is -1.90. The van der Waals surface area contributed by atoms with E-state index in [1.807, 2.05) is 24.4 Å². The molecule has 0 fully saturated rings. The number of rotatable bonds is 3. The van der Waals surface area contributed by atoms with Crippen LogP contribution in [-0.2, 0) is 23.0 Å². The minimum absolute atomic E-state index is 0.258. The molecule has 0 amide bonds. The van der Waals surface area contributed by atoms with Gasteiger partial charge in [-0.1, -0.05) is 6.07 Å². The first kappa shape index (κ1) is 14.7. The molecule has 3 heterocycles. The van der Waals surface area contributed by atoms with Crippen molar-refractivity contribution in [3.8, 4) is 0 Å². The van der Waals surface area contributed by atoms with Crippen LogP contribution in [-0.4, -0.2) is 19.3 Å². The van der Waals surface area contributed by atoms with Gasteiger partial charge in [-0.15, -0.1) is 0 Å². The van der Waals surface area contributed by atoms with Gasteiger partial charge in [0.05, 0.1) is 17.8 Å². The van der Waals surface area contributed by atoms with E-state index in [1.165, 1.54) is 17.7 Å². The summed E-state index contributed by atoms with van der Waals surface area (Å²) in [7, 11) is -3.64. The van der Waals surface area contributed by atoms with Gasteiger partial charge in [0, 0.05) is 24.6 Å². The normalized spacial score (nSPS) is 19.4. The van der Waals surface area contributed by atoms with Crippen LogP contribution in [0.2, 0.25) is 0 Å². The van der Waals surface area contributed by atoms with Crippen LogP contribution in [0.5, 0.6) is 0 Å². The maximum atomic E-state index is 12.7. The highest BCUT2D eigenvalue weighted by atomic mass is 32.2. The van der Waals surface area contributed by atoms with Crippen LogP contribution in [0.1, 0.15) is 11.1 Å². The van der Waals surface area contributed by atoms with Crippen LogP contribution in [0, 0.1) is 0 Å². The number of allylic oxidation sites excluding steroid dienone is 2. The molecule has 4 rings (SSSR count). The third kappa shape index (κ3) is 2.73. The number of fused-ring (bicyclic) bond motifs is 2. The summed E-state index contributed by atoms with van der Waals surface area (Å²) in [4.78, 5) is 0.258. The van der Waals surface area contributed by atoms with Gasteiger partial charge in [0.15, 0.2) is 0 Å². The lowest BCUT2D eigenvalue weighted by Crippen LogP contribution is -2.24. The Morgan fingerprint density at radius 1 is 1.26 bits per heavy atom. The van der Waals surface area contributed by atoms with Gasteiger partial charge < -0.3 is 10.0 Å². The number of hydrogen-bond donors (Lipinski definition) is 3. The molecule has 0 aromatic heterocycles. The molecule has 1 aromatic rings. The van der Waals surface area contributed by atoms with Crippen LogP contribution in [0.4, 0.5) is 5.69 Å². The average molecular weight is 348 g/mol. The van der Waals surface area contributed by atoms with E-state index in [-0.39, 0.29) is 4.91 Å². The van der Waals surface area contributed by atoms with Crippen molar-refractivity contribution in [2.75, 3.05) is 11.3 Å². The zero-order valence-electron chi connectivity index (χ0n) is 12.2. The van der Waals surface area contributed by atoms with Gasteiger partial charge in [-0.3, -0.25) is 9.03 Å². The van der Waals surface area contributed by atoms with E-state index in [4.69, 9.17) is 0 Å². The predicted molar refractivity (Wildman–Crippen MR) is 92.3 cm³/mol. The molecule has 3 aliphatic rings. The summed E-state index contributed by atoms with van der Waals surface area (Å²) in [6.07, 6.45) is 7.82. The summed E-state index contributed by atoms with van der Waals surface area (Å²) in [5, 5.41) is 3.30. The van der Waals surface area contributed by atoms with Crippen LogP contribution in [0.15, 0.2) is 53.4 Å². The third-order valence-corrected chi connectivity index (χ3v) is 6.11. The maximum absolute atomic E-state index is 12.7. The molecule has 6 nitrogen and oxygen atoms in total. The van der Waals surface area contributed by atoms with Crippen LogP contribution < -0.4 is 14.8 Å². The topological polar surface area (TPSA) is 73.5 Å². The van der Waals surface area contributed by atoms with Gasteiger partial charge in [0.2, 0.25) is 0 Å². The molecule has 3 aliphatic heterocycles. The average Bonchev–Trinajstić information content (AvgIpc) is 3.02. The van der Waals surface area contributed by atoms with E-state index < -0.39 is 10.0 Å². The largest absolute Gasteiger partial charge is 0.316 e. The first-order valence-electron chi connectivity index (χ1n) is 7.30. The van der Waals surface area contributed by atoms with Crippen molar-refractivity contribution < 1.29 is 8.42 Å². The fourth-order valence-electron chi connectivity index (χ4n) is 2.82. The molecule has 23 heavy (non-hydrogen) atoms. The summed E-state index contributed by atoms with van der Waals surface area (Å²) in [5.41, 5.74) is 3.64. The van der Waals surface area contributed by atoms with E-state index in [0.717, 1.165) is 25.1 Å². The lowest BCUT2D eigenvalue weighted by atomic mass is 10.0. The molecule has 0 saturated heterocycles. The smallest absolute Gasteiger partial charge is 0.264 e. The summed E-state index contributed by atoms with van der Waals surface area (Å²) in [5.74, 6) is 0. The Balaban J connectivity index is 1.63. The van der Waals surface area contributed by atoms with Gasteiger partial charge in [-0.25, -0.2) is 8.42 Å². The quantitative estimate of drug-likeness (QED) is 0.724. The zero-order chi connectivity index (χ0) is 15.9. The molecule has 0 saturated carbocycles. The highest BCUT2D eigenvalue weighted by Crippen LogP contribution is 2.34. The lowest BCUT2D eigenvalue weighted by Gasteiger charge is -2.21. The fraction of sp³-hybridized carbons (Fsp3) is 0.200. The molecule has 0 unspecified atom stereocenters. The minimum atomic E-state index is -3.64. The summed E-state index contributed by atoms with van der Waals surface area (Å²) in [6, 6.07) is 5.74. The summed E-state index contributed by atoms with van der Waals surface area (Å²) < 4.78 is 32.9. The van der Waals surface area contributed by atoms with Crippen LogP contribution in [0.25, 0.3) is 0 Å². The molecule has 3 N–H and O–H groups in total. The molecule has 0 radical (unpaired) electrons. The van der Waals surface area contributed by atoms with Gasteiger partial charge in [-0.05, 0) is 48.4 Å². The second-order valence-corrected chi connectivity index (χ2v) is 7.92. The molecule has 120 valence electrons. The van der Waals surface area contributed by atoms with E-state index in [9.17, 15) is 8.42 Å². The standard InChI is InChI=1S/C15H16N4O2S2/c20-23(21,15-2-1-7-19-14(15)10-17-22-19)18-13-4-3-11-5-6-16-9-12(11)8-13/h1-4,7-8,10,16-18H,5-6,9H2. The Labute approximate surface area is 139 Å². The SMILES string of the molecule is O=S(=O)(Nc1ccc2c(c1)CNCC2)C1=CC=CN2SNC=C12. The minimum Gasteiger partial charge on any atom is -0.316 e. The zero-order valence-corrected chi connectivity index (χ0v) is 13.9. The van der Waals surface area contributed by atoms with Crippen LogP contribution in [0.3, 0.4) is 0 Å². The number of hydrogen-bond acceptors (Lipinski definition) is 6. The van der Waals surface area contributed by atoms with Gasteiger partial charge >= 0.3 is 0 Å². The molecule has 1 aromatic carbocycles. The second-order valence-electron chi connectivity index (χ2n) is 5.45. The Kier molecular flexibility index (Phi) is 3.59. The van der Waals surface area contributed by atoms with Crippen LogP contribution >= 0.6 is 12.1 Å². The van der Waals surface area contributed by atoms with Crippen molar-refractivity contribution in [2.24, 2.45) is 0 Å².